The zero-order valence-electron chi connectivity index (χ0n) is 20.5. The molecule has 1 saturated carbocycles. The lowest BCUT2D eigenvalue weighted by Crippen LogP contribution is -2.30. The van der Waals surface area contributed by atoms with Crippen LogP contribution in [-0.4, -0.2) is 35.2 Å². The topological polar surface area (TPSA) is 93.6 Å². The number of hydrogen-bond donors (Lipinski definition) is 0. The molecule has 0 bridgehead atoms. The van der Waals surface area contributed by atoms with Gasteiger partial charge in [0.25, 0.3) is 0 Å². The number of pyridine rings is 1. The highest BCUT2D eigenvalue weighted by molar-refractivity contribution is 7.12. The molecule has 0 spiro atoms. The number of para-hydroxylation sites is 1. The van der Waals surface area contributed by atoms with Gasteiger partial charge in [-0.25, -0.2) is 9.78 Å². The Kier molecular flexibility index (Phi) is 6.33. The van der Waals surface area contributed by atoms with Gasteiger partial charge in [-0.05, 0) is 48.6 Å². The summed E-state index contributed by atoms with van der Waals surface area (Å²) < 4.78 is 5.38. The molecule has 2 amide bonds. The number of nitrogens with zero attached hydrogens (tertiary/aromatic N) is 2. The number of benzene rings is 2. The smallest absolute Gasteiger partial charge is 0.339 e. The summed E-state index contributed by atoms with van der Waals surface area (Å²) in [5.41, 5.74) is 2.73. The molecular weight excluding hydrogens is 500 g/mol. The van der Waals surface area contributed by atoms with Crippen LogP contribution in [0.25, 0.3) is 22.2 Å². The number of amides is 2. The second kappa shape index (κ2) is 9.95. The van der Waals surface area contributed by atoms with E-state index in [0.717, 1.165) is 31.2 Å². The molecular formula is C30H24N2O5S. The molecule has 7 nitrogen and oxygen atoms in total. The van der Waals surface area contributed by atoms with Crippen molar-refractivity contribution < 1.29 is 23.9 Å². The lowest BCUT2D eigenvalue weighted by Gasteiger charge is -2.19. The average molecular weight is 525 g/mol. The van der Waals surface area contributed by atoms with E-state index in [0.29, 0.717) is 32.7 Å². The molecule has 2 fully saturated rings. The fraction of sp³-hybridized carbons (Fsp3) is 0.233. The number of Topliss-reactive ketones (excluding diaryl/α,β-unsaturated/α-hetero) is 1. The van der Waals surface area contributed by atoms with E-state index in [-0.39, 0.29) is 36.0 Å². The van der Waals surface area contributed by atoms with Gasteiger partial charge < -0.3 is 4.74 Å². The minimum absolute atomic E-state index is 0.113. The molecule has 3 heterocycles. The van der Waals surface area contributed by atoms with E-state index in [9.17, 15) is 19.2 Å². The molecule has 1 saturated heterocycles. The van der Waals surface area contributed by atoms with Crippen molar-refractivity contribution in [2.45, 2.75) is 25.7 Å². The second-order valence-corrected chi connectivity index (χ2v) is 10.6. The van der Waals surface area contributed by atoms with E-state index in [1.54, 1.807) is 53.9 Å². The standard InChI is InChI=1S/C30H24N2O5S/c33-26(27-10-5-15-38-27)17-37-30(36)23-16-25(31-24-9-4-3-6-20(23)24)18-11-13-19(14-12-18)32-28(34)21-7-1-2-8-22(21)29(32)35/h3-6,9-16,21-22H,1-2,7-8,17H2. The molecule has 2 aromatic heterocycles. The Morgan fingerprint density at radius 1 is 0.921 bits per heavy atom. The summed E-state index contributed by atoms with van der Waals surface area (Å²) >= 11 is 1.30. The van der Waals surface area contributed by atoms with Gasteiger partial charge in [0.15, 0.2) is 6.61 Å². The van der Waals surface area contributed by atoms with E-state index in [1.165, 1.54) is 16.2 Å². The Balaban J connectivity index is 1.28. The number of esters is 1. The maximum Gasteiger partial charge on any atom is 0.339 e. The van der Waals surface area contributed by atoms with Gasteiger partial charge in [-0.2, -0.15) is 0 Å². The summed E-state index contributed by atoms with van der Waals surface area (Å²) in [6, 6.07) is 19.5. The van der Waals surface area contributed by atoms with Crippen LogP contribution in [0, 0.1) is 11.8 Å². The zero-order valence-corrected chi connectivity index (χ0v) is 21.3. The molecule has 4 aromatic rings. The van der Waals surface area contributed by atoms with Gasteiger partial charge in [-0.3, -0.25) is 19.3 Å². The van der Waals surface area contributed by atoms with Crippen molar-refractivity contribution in [3.05, 3.63) is 82.6 Å². The van der Waals surface area contributed by atoms with Gasteiger partial charge in [0.2, 0.25) is 17.6 Å². The number of imide groups is 1. The number of ketones is 1. The number of fused-ring (bicyclic) bond motifs is 2. The fourth-order valence-electron chi connectivity index (χ4n) is 5.41. The summed E-state index contributed by atoms with van der Waals surface area (Å²) in [5.74, 6) is -1.51. The van der Waals surface area contributed by atoms with Crippen molar-refractivity contribution in [1.29, 1.82) is 0 Å². The molecule has 6 rings (SSSR count). The Morgan fingerprint density at radius 2 is 1.63 bits per heavy atom. The van der Waals surface area contributed by atoms with Crippen molar-refractivity contribution in [2.24, 2.45) is 11.8 Å². The van der Waals surface area contributed by atoms with Crippen LogP contribution in [0.1, 0.15) is 45.7 Å². The normalized spacial score (nSPS) is 19.0. The summed E-state index contributed by atoms with van der Waals surface area (Å²) in [6.07, 6.45) is 3.49. The van der Waals surface area contributed by atoms with Crippen molar-refractivity contribution in [1.82, 2.24) is 4.98 Å². The summed E-state index contributed by atoms with van der Waals surface area (Å²) in [6.45, 7) is -0.347. The molecule has 1 aliphatic carbocycles. The largest absolute Gasteiger partial charge is 0.454 e. The van der Waals surface area contributed by atoms with E-state index < -0.39 is 5.97 Å². The van der Waals surface area contributed by atoms with Gasteiger partial charge in [0.05, 0.1) is 39.2 Å². The monoisotopic (exact) mass is 524 g/mol. The third-order valence-electron chi connectivity index (χ3n) is 7.33. The predicted molar refractivity (Wildman–Crippen MR) is 144 cm³/mol. The van der Waals surface area contributed by atoms with Gasteiger partial charge >= 0.3 is 5.97 Å². The Labute approximate surface area is 223 Å². The quantitative estimate of drug-likeness (QED) is 0.183. The number of ether oxygens (including phenoxy) is 1. The number of aromatic nitrogens is 1. The maximum atomic E-state index is 13.1. The first kappa shape index (κ1) is 24.2. The zero-order chi connectivity index (χ0) is 26.2. The maximum absolute atomic E-state index is 13.1. The van der Waals surface area contributed by atoms with E-state index >= 15 is 0 Å². The van der Waals surface area contributed by atoms with Crippen LogP contribution in [0.5, 0.6) is 0 Å². The summed E-state index contributed by atoms with van der Waals surface area (Å²) in [5, 5.41) is 2.42. The number of rotatable bonds is 6. The third-order valence-corrected chi connectivity index (χ3v) is 8.24. The SMILES string of the molecule is O=C(COC(=O)c1cc(-c2ccc(N3C(=O)C4CCCCC4C3=O)cc2)nc2ccccc12)c1cccs1. The first-order valence-corrected chi connectivity index (χ1v) is 13.5. The van der Waals surface area contributed by atoms with Crippen molar-refractivity contribution in [2.75, 3.05) is 11.5 Å². The third kappa shape index (κ3) is 4.31. The minimum atomic E-state index is -0.609. The summed E-state index contributed by atoms with van der Waals surface area (Å²) in [7, 11) is 0. The minimum Gasteiger partial charge on any atom is -0.454 e. The Hall–Kier alpha value is -4.17. The highest BCUT2D eigenvalue weighted by Gasteiger charge is 2.48. The van der Waals surface area contributed by atoms with E-state index in [2.05, 4.69) is 0 Å². The van der Waals surface area contributed by atoms with Crippen LogP contribution < -0.4 is 4.90 Å². The van der Waals surface area contributed by atoms with Gasteiger partial charge in [-0.1, -0.05) is 49.2 Å². The van der Waals surface area contributed by atoms with Crippen molar-refractivity contribution in [3.8, 4) is 11.3 Å². The van der Waals surface area contributed by atoms with Crippen LogP contribution >= 0.6 is 11.3 Å². The number of thiophene rings is 1. The first-order chi connectivity index (χ1) is 18.5. The Bertz CT molecular complexity index is 1540. The second-order valence-electron chi connectivity index (χ2n) is 9.61. The van der Waals surface area contributed by atoms with Crippen LogP contribution in [0.15, 0.2) is 72.1 Å². The number of carbonyl (C=O) groups excluding carboxylic acids is 4. The molecule has 2 unspecified atom stereocenters. The van der Waals surface area contributed by atoms with Crippen LogP contribution in [0.4, 0.5) is 5.69 Å². The number of carbonyl (C=O) groups is 4. The molecule has 2 aliphatic rings. The lowest BCUT2D eigenvalue weighted by molar-refractivity contribution is -0.122. The number of anilines is 1. The fourth-order valence-corrected chi connectivity index (χ4v) is 6.06. The predicted octanol–water partition coefficient (Wildman–Crippen LogP) is 5.68. The van der Waals surface area contributed by atoms with Crippen LogP contribution in [0.3, 0.4) is 0 Å². The molecule has 2 aromatic carbocycles. The molecule has 0 N–H and O–H groups in total. The van der Waals surface area contributed by atoms with E-state index in [4.69, 9.17) is 9.72 Å². The highest BCUT2D eigenvalue weighted by Crippen LogP contribution is 2.40. The molecule has 8 heteroatoms. The van der Waals surface area contributed by atoms with Gasteiger partial charge in [-0.15, -0.1) is 11.3 Å². The summed E-state index contributed by atoms with van der Waals surface area (Å²) in [4.78, 5) is 57.9. The van der Waals surface area contributed by atoms with Crippen molar-refractivity contribution >= 4 is 51.5 Å². The molecule has 0 radical (unpaired) electrons. The Morgan fingerprint density at radius 3 is 2.32 bits per heavy atom. The van der Waals surface area contributed by atoms with Crippen molar-refractivity contribution in [3.63, 3.8) is 0 Å². The molecule has 38 heavy (non-hydrogen) atoms. The van der Waals surface area contributed by atoms with Gasteiger partial charge in [0.1, 0.15) is 0 Å². The van der Waals surface area contributed by atoms with Gasteiger partial charge in [0, 0.05) is 10.9 Å². The molecule has 2 atom stereocenters. The lowest BCUT2D eigenvalue weighted by atomic mass is 9.81. The molecule has 1 aliphatic heterocycles. The van der Waals surface area contributed by atoms with E-state index in [1.807, 2.05) is 18.2 Å². The first-order valence-electron chi connectivity index (χ1n) is 12.6. The molecule has 190 valence electrons. The average Bonchev–Trinajstić information content (AvgIpc) is 3.58. The number of hydrogen-bond acceptors (Lipinski definition) is 7. The van der Waals surface area contributed by atoms with Crippen LogP contribution in [-0.2, 0) is 14.3 Å². The highest BCUT2D eigenvalue weighted by atomic mass is 32.1. The van der Waals surface area contributed by atoms with Crippen LogP contribution in [0.2, 0.25) is 0 Å².